The Morgan fingerprint density at radius 2 is 0.800 bits per heavy atom. The Morgan fingerprint density at radius 1 is 0.424 bits per heavy atom. The highest BCUT2D eigenvalue weighted by Crippen LogP contribution is 2.72. The van der Waals surface area contributed by atoms with Crippen LogP contribution in [0, 0.1) is 104 Å². The number of fused-ring (bicyclic) bond motifs is 24. The first kappa shape index (κ1) is 61.9. The summed E-state index contributed by atoms with van der Waals surface area (Å²) in [6.07, 6.45) is 24.7. The highest BCUT2D eigenvalue weighted by molar-refractivity contribution is 5.87. The van der Waals surface area contributed by atoms with E-state index in [0.29, 0.717) is 76.3 Å². The summed E-state index contributed by atoms with van der Waals surface area (Å²) in [4.78, 5) is 36.0. The maximum atomic E-state index is 12.8. The van der Waals surface area contributed by atoms with Crippen molar-refractivity contribution in [3.8, 4) is 0 Å². The first-order valence-electron chi connectivity index (χ1n) is 34.8. The number of aliphatic hydroxyl groups excluding tert-OH is 2. The third-order valence-corrected chi connectivity index (χ3v) is 29.0. The van der Waals surface area contributed by atoms with Crippen molar-refractivity contribution in [3.63, 3.8) is 0 Å². The molecule has 12 unspecified atom stereocenters. The van der Waals surface area contributed by atoms with Gasteiger partial charge < -0.3 is 48.1 Å². The molecule has 0 amide bonds. The van der Waals surface area contributed by atoms with Gasteiger partial charge in [0, 0.05) is 25.7 Å². The van der Waals surface area contributed by atoms with Gasteiger partial charge in [0.15, 0.2) is 17.4 Å². The van der Waals surface area contributed by atoms with Gasteiger partial charge in [-0.15, -0.1) is 0 Å². The number of Topliss-reactive ketones (excluding diaryl/α,β-unsaturated/α-hetero) is 1. The van der Waals surface area contributed by atoms with Gasteiger partial charge in [0.1, 0.15) is 18.0 Å². The molecule has 28 atom stereocenters. The van der Waals surface area contributed by atoms with Gasteiger partial charge in [0.25, 0.3) is 0 Å². The molecule has 0 bridgehead atoms. The van der Waals surface area contributed by atoms with E-state index in [1.807, 2.05) is 27.7 Å². The number of carbonyl (C=O) groups excluding carboxylic acids is 3. The molecule has 0 spiro atoms. The topological polar surface area (TPSA) is 166 Å². The quantitative estimate of drug-likeness (QED) is 0.198. The van der Waals surface area contributed by atoms with Gasteiger partial charge in [-0.1, -0.05) is 53.2 Å². The van der Waals surface area contributed by atoms with Crippen LogP contribution in [0.15, 0.2) is 11.6 Å². The van der Waals surface area contributed by atoms with E-state index in [2.05, 4.69) is 68.4 Å². The summed E-state index contributed by atoms with van der Waals surface area (Å²) < 4.78 is 50.8. The number of carbonyl (C=O) groups is 3. The molecule has 13 nitrogen and oxygen atoms in total. The Balaban J connectivity index is 0.000000119. The molecule has 12 aliphatic carbocycles. The predicted octanol–water partition coefficient (Wildman–Crippen LogP) is 13.4. The molecule has 13 heteroatoms. The Kier molecular flexibility index (Phi) is 15.3. The lowest BCUT2D eigenvalue weighted by Crippen LogP contribution is -2.63. The highest BCUT2D eigenvalue weighted by atomic mass is 16.8. The number of allylic oxidation sites excluding steroid dienone is 2. The summed E-state index contributed by atoms with van der Waals surface area (Å²) in [5.74, 6) is 4.44. The number of esters is 2. The second kappa shape index (κ2) is 21.0. The fourth-order valence-electron chi connectivity index (χ4n) is 25.2. The van der Waals surface area contributed by atoms with E-state index in [1.54, 1.807) is 5.57 Å². The third-order valence-electron chi connectivity index (χ3n) is 29.0. The summed E-state index contributed by atoms with van der Waals surface area (Å²) in [6.45, 7) is 32.0. The van der Waals surface area contributed by atoms with Gasteiger partial charge in [0.05, 0.1) is 48.8 Å². The minimum Gasteiger partial charge on any atom is -0.463 e. The van der Waals surface area contributed by atoms with Gasteiger partial charge in [-0.2, -0.15) is 0 Å². The van der Waals surface area contributed by atoms with Crippen LogP contribution in [0.25, 0.3) is 0 Å². The second-order valence-corrected chi connectivity index (χ2v) is 34.2. The third kappa shape index (κ3) is 9.68. The fraction of sp³-hybridized carbons (Fsp3) is 0.931. The first-order valence-corrected chi connectivity index (χ1v) is 34.8. The van der Waals surface area contributed by atoms with Crippen molar-refractivity contribution in [3.05, 3.63) is 11.6 Å². The maximum Gasteiger partial charge on any atom is 0.302 e. The molecule has 2 N–H and O–H groups in total. The number of ether oxygens (including phenoxy) is 8. The number of aliphatic hydroxyl groups is 2. The minimum atomic E-state index is -0.601. The molecule has 85 heavy (non-hydrogen) atoms. The molecule has 3 heterocycles. The molecule has 3 aliphatic heterocycles. The summed E-state index contributed by atoms with van der Waals surface area (Å²) in [5.41, 5.74) is 2.50. The highest BCUT2D eigenvalue weighted by Gasteiger charge is 2.72. The van der Waals surface area contributed by atoms with Crippen molar-refractivity contribution in [1.82, 2.24) is 0 Å². The lowest BCUT2D eigenvalue weighted by molar-refractivity contribution is -0.197. The molecular formula is C72H112O13. The van der Waals surface area contributed by atoms with Crippen molar-refractivity contribution in [2.24, 2.45) is 104 Å². The van der Waals surface area contributed by atoms with Gasteiger partial charge in [0.2, 0.25) is 0 Å². The van der Waals surface area contributed by atoms with Crippen LogP contribution in [0.2, 0.25) is 0 Å². The number of rotatable bonds is 2. The molecule has 15 aliphatic rings. The van der Waals surface area contributed by atoms with Gasteiger partial charge >= 0.3 is 11.9 Å². The molecule has 0 aromatic carbocycles. The van der Waals surface area contributed by atoms with Crippen LogP contribution in [0.5, 0.6) is 0 Å². The van der Waals surface area contributed by atoms with Gasteiger partial charge in [-0.05, 0) is 275 Å². The summed E-state index contributed by atoms with van der Waals surface area (Å²) in [7, 11) is 0. The molecule has 0 radical (unpaired) electrons. The van der Waals surface area contributed by atoms with E-state index in [-0.39, 0.29) is 100 Å². The van der Waals surface area contributed by atoms with E-state index in [9.17, 15) is 24.6 Å². The zero-order valence-corrected chi connectivity index (χ0v) is 55.0. The predicted molar refractivity (Wildman–Crippen MR) is 321 cm³/mol. The molecule has 0 aromatic heterocycles. The maximum absolute atomic E-state index is 12.8. The lowest BCUT2D eigenvalue weighted by atomic mass is 9.43. The molecule has 12 saturated carbocycles. The largest absolute Gasteiger partial charge is 0.463 e. The molecule has 0 aromatic rings. The average Bonchev–Trinajstić information content (AvgIpc) is 1.69. The van der Waals surface area contributed by atoms with E-state index in [0.717, 1.165) is 115 Å². The normalized spacial score (nSPS) is 55.3. The van der Waals surface area contributed by atoms with Crippen LogP contribution < -0.4 is 0 Å². The number of hydrogen-bond acceptors (Lipinski definition) is 13. The second-order valence-electron chi connectivity index (χ2n) is 34.2. The van der Waals surface area contributed by atoms with Gasteiger partial charge in [-0.25, -0.2) is 0 Å². The molecule has 478 valence electrons. The van der Waals surface area contributed by atoms with Crippen molar-refractivity contribution >= 4 is 17.7 Å². The SMILES string of the molecule is C/C=C1/CCC2C3C(CC[C@]12C)[C@@]1(C)CC[C@@H](O)CC1[C@H]1OC(C)(C)O[C@H]31.CC(=O)O[C@@H]1CC[C@]2(C)C3CC[C@@]4(C)C(CC[C@@H]4O)C3[C@H]3OC(C)(C)O[C@@H]3C2C1.CC(=O)O[C@@H]1CC[C@]2(C)C3CC[C@]4(C)C(=O)CCC4C3[C@H]3OC(C)(C)O[C@@H]3C2C1. The van der Waals surface area contributed by atoms with Crippen LogP contribution >= 0.6 is 0 Å². The lowest BCUT2D eigenvalue weighted by Gasteiger charge is -2.63. The zero-order chi connectivity index (χ0) is 60.7. The van der Waals surface area contributed by atoms with E-state index >= 15 is 0 Å². The Bertz CT molecular complexity index is 2630. The van der Waals surface area contributed by atoms with Crippen molar-refractivity contribution in [1.29, 1.82) is 0 Å². The van der Waals surface area contributed by atoms with Gasteiger partial charge in [-0.3, -0.25) is 14.4 Å². The smallest absolute Gasteiger partial charge is 0.302 e. The summed E-state index contributed by atoms with van der Waals surface area (Å²) in [5, 5.41) is 21.3. The van der Waals surface area contributed by atoms with Crippen LogP contribution in [0.4, 0.5) is 0 Å². The van der Waals surface area contributed by atoms with Crippen molar-refractivity contribution < 1.29 is 62.5 Å². The molecule has 3 saturated heterocycles. The van der Waals surface area contributed by atoms with Crippen LogP contribution in [0.3, 0.4) is 0 Å². The van der Waals surface area contributed by atoms with E-state index < -0.39 is 17.4 Å². The van der Waals surface area contributed by atoms with Crippen molar-refractivity contribution in [2.45, 2.75) is 317 Å². The number of hydrogen-bond donors (Lipinski definition) is 2. The fourth-order valence-corrected chi connectivity index (χ4v) is 25.2. The molecular weight excluding hydrogens is 1070 g/mol. The zero-order valence-electron chi connectivity index (χ0n) is 55.0. The Labute approximate surface area is 510 Å². The molecule has 15 rings (SSSR count). The van der Waals surface area contributed by atoms with Crippen molar-refractivity contribution in [2.75, 3.05) is 0 Å². The standard InChI is InChI=1S/C24H38O5.C24H36O5.C24H38O3/c2*1-13(25)27-14-8-10-23(4)16-9-11-24(5)15(6-7-18(24)26)19(16)21-20(17(23)12-14)28-22(2,3)29-21;1-6-14-7-8-16-19-17(10-12-23(14,16)4)24(5)11-9-15(25)13-18(24)20-21(19)27-22(2,3)26-20/h14-21,26H,6-12H2,1-5H3;14-17,19-21H,6-12H2,1-5H3;6,15-21,25H,7-13H2,1-5H3/b;;14-6-/t14-,15?,16?,17?,18+,19?,20-,21-,23-,24+;14-,15?,16?,17?,19?,20-,21-,23-,24+;15-,16?,17?,18?,19?,20-,21-,23-,24-/m111/s1. The minimum absolute atomic E-state index is 0.00255. The van der Waals surface area contributed by atoms with E-state index in [4.69, 9.17) is 37.9 Å². The Hall–Kier alpha value is -1.97. The Morgan fingerprint density at radius 3 is 1.27 bits per heavy atom. The van der Waals surface area contributed by atoms with Crippen LogP contribution in [-0.2, 0) is 52.3 Å². The first-order chi connectivity index (χ1) is 39.8. The van der Waals surface area contributed by atoms with E-state index in [1.165, 1.54) is 39.5 Å². The van der Waals surface area contributed by atoms with Crippen LogP contribution in [0.1, 0.15) is 239 Å². The monoisotopic (exact) mass is 1180 g/mol. The summed E-state index contributed by atoms with van der Waals surface area (Å²) >= 11 is 0. The summed E-state index contributed by atoms with van der Waals surface area (Å²) in [6, 6.07) is 0. The van der Waals surface area contributed by atoms with Crippen LogP contribution in [-0.4, -0.2) is 106 Å². The molecule has 15 fully saturated rings. The number of ketones is 1. The average molecular weight is 1190 g/mol.